The molecule has 0 atom stereocenters. The maximum absolute atomic E-state index is 11.1. The van der Waals surface area contributed by atoms with E-state index in [0.717, 1.165) is 0 Å². The van der Waals surface area contributed by atoms with Crippen molar-refractivity contribution < 1.29 is 19.4 Å². The van der Waals surface area contributed by atoms with Gasteiger partial charge in [-0.05, 0) is 0 Å². The molecule has 0 aromatic carbocycles. The first-order chi connectivity index (χ1) is 5.83. The number of carbonyl (C=O) groups is 1. The molecule has 0 aliphatic carbocycles. The van der Waals surface area contributed by atoms with E-state index in [0.29, 0.717) is 0 Å². The van der Waals surface area contributed by atoms with Crippen molar-refractivity contribution in [2.24, 2.45) is 5.73 Å². The van der Waals surface area contributed by atoms with Crippen molar-refractivity contribution in [3.05, 3.63) is 11.5 Å². The van der Waals surface area contributed by atoms with Gasteiger partial charge in [-0.15, -0.1) is 0 Å². The fourth-order valence-electron chi connectivity index (χ4n) is 0.891. The van der Waals surface area contributed by atoms with Crippen LogP contribution in [0, 0.1) is 5.41 Å². The monoisotopic (exact) mass is 186 g/mol. The molecule has 1 aliphatic rings. The highest BCUT2D eigenvalue weighted by atomic mass is 16.8. The van der Waals surface area contributed by atoms with Crippen LogP contribution >= 0.6 is 0 Å². The van der Waals surface area contributed by atoms with Crippen LogP contribution in [0.15, 0.2) is 11.5 Å². The van der Waals surface area contributed by atoms with Gasteiger partial charge in [-0.25, -0.2) is 4.79 Å². The number of hydrogen-bond acceptors (Lipinski definition) is 5. The average Bonchev–Trinajstić information content (AvgIpc) is 1.78. The van der Waals surface area contributed by atoms with E-state index in [1.165, 1.54) is 13.8 Å². The first-order valence-corrected chi connectivity index (χ1v) is 3.53. The Balaban J connectivity index is 3.09. The van der Waals surface area contributed by atoms with Crippen LogP contribution in [0.3, 0.4) is 0 Å². The number of aliphatic hydroxyl groups is 1. The summed E-state index contributed by atoms with van der Waals surface area (Å²) in [5, 5.41) is 16.1. The van der Waals surface area contributed by atoms with Crippen molar-refractivity contribution in [3.8, 4) is 0 Å². The maximum atomic E-state index is 11.1. The first-order valence-electron chi connectivity index (χ1n) is 3.53. The smallest absolute Gasteiger partial charge is 0.352 e. The number of cyclic esters (lactones) is 1. The lowest BCUT2D eigenvalue weighted by Gasteiger charge is -2.30. The van der Waals surface area contributed by atoms with E-state index in [2.05, 4.69) is 0 Å². The van der Waals surface area contributed by atoms with E-state index in [1.807, 2.05) is 0 Å². The molecule has 6 nitrogen and oxygen atoms in total. The Morgan fingerprint density at radius 2 is 2.08 bits per heavy atom. The van der Waals surface area contributed by atoms with Gasteiger partial charge in [0.2, 0.25) is 0 Å². The van der Waals surface area contributed by atoms with Crippen LogP contribution in [0.4, 0.5) is 0 Å². The van der Waals surface area contributed by atoms with Gasteiger partial charge < -0.3 is 20.3 Å². The molecule has 0 unspecified atom stereocenters. The van der Waals surface area contributed by atoms with Gasteiger partial charge in [-0.3, -0.25) is 5.41 Å². The molecule has 0 amide bonds. The number of aliphatic hydroxyl groups excluding tert-OH is 1. The van der Waals surface area contributed by atoms with Crippen molar-refractivity contribution in [3.63, 3.8) is 0 Å². The molecule has 1 rings (SSSR count). The van der Waals surface area contributed by atoms with E-state index in [-0.39, 0.29) is 0 Å². The highest BCUT2D eigenvalue weighted by Crippen LogP contribution is 2.24. The molecule has 0 fully saturated rings. The third kappa shape index (κ3) is 1.71. The fourth-order valence-corrected chi connectivity index (χ4v) is 0.891. The molecule has 72 valence electrons. The van der Waals surface area contributed by atoms with Crippen molar-refractivity contribution in [2.45, 2.75) is 19.6 Å². The standard InChI is InChI=1S/C7H10N2O4/c1-7(2)12-5(10)3(4(8)9)6(11)13-7/h10H,1-2H3,(H3,8,9). The Hall–Kier alpha value is -1.72. The number of ether oxygens (including phenoxy) is 2. The van der Waals surface area contributed by atoms with E-state index < -0.39 is 29.1 Å². The summed E-state index contributed by atoms with van der Waals surface area (Å²) >= 11 is 0. The Morgan fingerprint density at radius 1 is 1.54 bits per heavy atom. The van der Waals surface area contributed by atoms with Crippen molar-refractivity contribution in [2.75, 3.05) is 0 Å². The molecular weight excluding hydrogens is 176 g/mol. The van der Waals surface area contributed by atoms with Crippen LogP contribution < -0.4 is 5.73 Å². The van der Waals surface area contributed by atoms with Crippen LogP contribution in [0.2, 0.25) is 0 Å². The predicted molar refractivity (Wildman–Crippen MR) is 42.8 cm³/mol. The minimum absolute atomic E-state index is 0.445. The summed E-state index contributed by atoms with van der Waals surface area (Å²) < 4.78 is 9.51. The van der Waals surface area contributed by atoms with E-state index in [4.69, 9.17) is 20.6 Å². The van der Waals surface area contributed by atoms with Crippen molar-refractivity contribution in [1.82, 2.24) is 0 Å². The van der Waals surface area contributed by atoms with Gasteiger partial charge in [0.15, 0.2) is 5.57 Å². The Morgan fingerprint density at radius 3 is 2.46 bits per heavy atom. The Kier molecular flexibility index (Phi) is 1.91. The third-order valence-electron chi connectivity index (χ3n) is 1.37. The lowest BCUT2D eigenvalue weighted by molar-refractivity contribution is -0.220. The quantitative estimate of drug-likeness (QED) is 0.303. The number of carbonyl (C=O) groups excluding carboxylic acids is 1. The number of rotatable bonds is 1. The van der Waals surface area contributed by atoms with Crippen LogP contribution in [0.1, 0.15) is 13.8 Å². The lowest BCUT2D eigenvalue weighted by atomic mass is 10.2. The van der Waals surface area contributed by atoms with Gasteiger partial charge in [-0.2, -0.15) is 0 Å². The van der Waals surface area contributed by atoms with Gasteiger partial charge in [0.25, 0.3) is 11.7 Å². The third-order valence-corrected chi connectivity index (χ3v) is 1.37. The summed E-state index contributed by atoms with van der Waals surface area (Å²) in [6, 6.07) is 0. The molecule has 0 aromatic rings. The summed E-state index contributed by atoms with van der Waals surface area (Å²) in [6.45, 7) is 2.91. The van der Waals surface area contributed by atoms with E-state index >= 15 is 0 Å². The minimum Gasteiger partial charge on any atom is -0.480 e. The number of nitrogens with two attached hydrogens (primary N) is 1. The molecule has 4 N–H and O–H groups in total. The topological polar surface area (TPSA) is 106 Å². The molecule has 0 saturated carbocycles. The van der Waals surface area contributed by atoms with Gasteiger partial charge in [-0.1, -0.05) is 0 Å². The largest absolute Gasteiger partial charge is 0.480 e. The lowest BCUT2D eigenvalue weighted by Crippen LogP contribution is -2.40. The summed E-state index contributed by atoms with van der Waals surface area (Å²) in [6.07, 6.45) is 0. The summed E-state index contributed by atoms with van der Waals surface area (Å²) in [5.74, 6) is -3.34. The summed E-state index contributed by atoms with van der Waals surface area (Å²) in [7, 11) is 0. The van der Waals surface area contributed by atoms with Crippen LogP contribution in [-0.2, 0) is 14.3 Å². The van der Waals surface area contributed by atoms with E-state index in [1.54, 1.807) is 0 Å². The van der Waals surface area contributed by atoms with Gasteiger partial charge in [0, 0.05) is 13.8 Å². The van der Waals surface area contributed by atoms with Crippen molar-refractivity contribution in [1.29, 1.82) is 5.41 Å². The zero-order valence-electron chi connectivity index (χ0n) is 7.25. The average molecular weight is 186 g/mol. The normalized spacial score (nSPS) is 20.6. The number of nitrogens with one attached hydrogen (secondary N) is 1. The first kappa shape index (κ1) is 9.37. The molecule has 13 heavy (non-hydrogen) atoms. The number of hydrogen-bond donors (Lipinski definition) is 3. The fraction of sp³-hybridized carbons (Fsp3) is 0.429. The maximum Gasteiger partial charge on any atom is 0.352 e. The predicted octanol–water partition coefficient (Wildman–Crippen LogP) is 0.00147. The minimum atomic E-state index is -1.22. The Labute approximate surface area is 74.4 Å². The molecule has 1 aliphatic heterocycles. The number of amidine groups is 1. The molecule has 1 heterocycles. The molecular formula is C7H10N2O4. The zero-order valence-corrected chi connectivity index (χ0v) is 7.25. The van der Waals surface area contributed by atoms with Crippen molar-refractivity contribution >= 4 is 11.8 Å². The van der Waals surface area contributed by atoms with Crippen LogP contribution in [-0.4, -0.2) is 22.7 Å². The summed E-state index contributed by atoms with van der Waals surface area (Å²) in [5.41, 5.74) is 4.58. The highest BCUT2D eigenvalue weighted by molar-refractivity contribution is 6.17. The second-order valence-electron chi connectivity index (χ2n) is 2.99. The molecule has 6 heteroatoms. The molecule has 0 radical (unpaired) electrons. The molecule has 0 aromatic heterocycles. The number of esters is 1. The highest BCUT2D eigenvalue weighted by Gasteiger charge is 2.37. The van der Waals surface area contributed by atoms with E-state index in [9.17, 15) is 9.90 Å². The molecule has 0 spiro atoms. The van der Waals surface area contributed by atoms with Crippen LogP contribution in [0.5, 0.6) is 0 Å². The zero-order chi connectivity index (χ0) is 10.2. The SMILES string of the molecule is CC1(C)OC(=O)C(C(=N)N)=C(O)O1. The van der Waals surface area contributed by atoms with Gasteiger partial charge in [0.1, 0.15) is 5.84 Å². The second kappa shape index (κ2) is 2.65. The summed E-state index contributed by atoms with van der Waals surface area (Å²) in [4.78, 5) is 11.1. The molecule has 0 bridgehead atoms. The Bertz CT molecular complexity index is 306. The van der Waals surface area contributed by atoms with Gasteiger partial charge >= 0.3 is 5.97 Å². The molecule has 0 saturated heterocycles. The van der Waals surface area contributed by atoms with Gasteiger partial charge in [0.05, 0.1) is 0 Å². The second-order valence-corrected chi connectivity index (χ2v) is 2.99. The van der Waals surface area contributed by atoms with Crippen LogP contribution in [0.25, 0.3) is 0 Å².